The van der Waals surface area contributed by atoms with E-state index in [1.165, 1.54) is 6.26 Å². The normalized spacial score (nSPS) is 11.9. The summed E-state index contributed by atoms with van der Waals surface area (Å²) < 4.78 is 24.0. The van der Waals surface area contributed by atoms with Crippen LogP contribution in [0.4, 0.5) is 0 Å². The zero-order valence-electron chi connectivity index (χ0n) is 9.32. The molecule has 0 unspecified atom stereocenters. The third kappa shape index (κ3) is 3.64. The Kier molecular flexibility index (Phi) is 3.87. The molecule has 6 heteroatoms. The maximum Gasteiger partial charge on any atom is 0.149 e. The fraction of sp³-hybridized carbons (Fsp3) is 0.667. The van der Waals surface area contributed by atoms with Gasteiger partial charge in [-0.05, 0) is 14.0 Å². The van der Waals surface area contributed by atoms with E-state index in [0.29, 0.717) is 13.1 Å². The van der Waals surface area contributed by atoms with E-state index in [-0.39, 0.29) is 5.75 Å². The number of aromatic nitrogens is 2. The number of nitrogens with zero attached hydrogens (tertiary/aromatic N) is 2. The number of imidazole rings is 1. The molecule has 0 saturated carbocycles. The SMILES string of the molecule is CNCc1cnc(C)n1CCS(C)(=O)=O. The van der Waals surface area contributed by atoms with Crippen molar-refractivity contribution >= 4 is 9.84 Å². The van der Waals surface area contributed by atoms with Gasteiger partial charge >= 0.3 is 0 Å². The smallest absolute Gasteiger partial charge is 0.149 e. The first-order valence-electron chi connectivity index (χ1n) is 4.77. The van der Waals surface area contributed by atoms with E-state index in [1.54, 1.807) is 6.20 Å². The molecule has 86 valence electrons. The topological polar surface area (TPSA) is 64.0 Å². The molecule has 0 spiro atoms. The zero-order chi connectivity index (χ0) is 11.5. The molecule has 0 saturated heterocycles. The van der Waals surface area contributed by atoms with Gasteiger partial charge in [-0.1, -0.05) is 0 Å². The Morgan fingerprint density at radius 3 is 2.73 bits per heavy atom. The Hall–Kier alpha value is -0.880. The Balaban J connectivity index is 2.79. The van der Waals surface area contributed by atoms with Gasteiger partial charge in [-0.15, -0.1) is 0 Å². The lowest BCUT2D eigenvalue weighted by Crippen LogP contribution is -2.17. The molecule has 0 bridgehead atoms. The molecule has 0 aliphatic heterocycles. The van der Waals surface area contributed by atoms with Crippen molar-refractivity contribution in [1.82, 2.24) is 14.9 Å². The summed E-state index contributed by atoms with van der Waals surface area (Å²) in [7, 11) is -1.07. The Morgan fingerprint density at radius 1 is 1.53 bits per heavy atom. The highest BCUT2D eigenvalue weighted by Crippen LogP contribution is 2.05. The van der Waals surface area contributed by atoms with Crippen LogP contribution in [0.15, 0.2) is 6.20 Å². The van der Waals surface area contributed by atoms with Crippen LogP contribution >= 0.6 is 0 Å². The number of nitrogens with one attached hydrogen (secondary N) is 1. The third-order valence-corrected chi connectivity index (χ3v) is 3.11. The van der Waals surface area contributed by atoms with Crippen LogP contribution in [0.2, 0.25) is 0 Å². The van der Waals surface area contributed by atoms with E-state index in [2.05, 4.69) is 10.3 Å². The lowest BCUT2D eigenvalue weighted by Gasteiger charge is -2.08. The van der Waals surface area contributed by atoms with E-state index < -0.39 is 9.84 Å². The molecule has 1 rings (SSSR count). The number of hydrogen-bond acceptors (Lipinski definition) is 4. The highest BCUT2D eigenvalue weighted by atomic mass is 32.2. The van der Waals surface area contributed by atoms with E-state index in [1.807, 2.05) is 18.5 Å². The van der Waals surface area contributed by atoms with Gasteiger partial charge < -0.3 is 9.88 Å². The standard InChI is InChI=1S/C9H17N3O2S/c1-8-11-7-9(6-10-2)12(8)4-5-15(3,13)14/h7,10H,4-6H2,1-3H3. The first-order valence-corrected chi connectivity index (χ1v) is 6.83. The second-order valence-corrected chi connectivity index (χ2v) is 5.87. The molecule has 1 aromatic heterocycles. The van der Waals surface area contributed by atoms with Gasteiger partial charge in [-0.3, -0.25) is 0 Å². The second-order valence-electron chi connectivity index (χ2n) is 3.61. The summed E-state index contributed by atoms with van der Waals surface area (Å²) in [4.78, 5) is 4.16. The predicted octanol–water partition coefficient (Wildman–Crippen LogP) is -0.0445. The molecule has 0 atom stereocenters. The van der Waals surface area contributed by atoms with Crippen molar-refractivity contribution in [2.75, 3.05) is 19.1 Å². The Bertz CT molecular complexity index is 423. The second kappa shape index (κ2) is 4.76. The molecule has 0 aliphatic carbocycles. The molecule has 0 fully saturated rings. The van der Waals surface area contributed by atoms with E-state index >= 15 is 0 Å². The molecule has 1 heterocycles. The molecule has 0 aliphatic rings. The zero-order valence-corrected chi connectivity index (χ0v) is 10.1. The maximum atomic E-state index is 11.1. The monoisotopic (exact) mass is 231 g/mol. The fourth-order valence-corrected chi connectivity index (χ4v) is 1.91. The van der Waals surface area contributed by atoms with Gasteiger partial charge in [0.05, 0.1) is 11.4 Å². The van der Waals surface area contributed by atoms with Crippen molar-refractivity contribution < 1.29 is 8.42 Å². The summed E-state index contributed by atoms with van der Waals surface area (Å²) in [5.74, 6) is 1.00. The van der Waals surface area contributed by atoms with Crippen molar-refractivity contribution in [1.29, 1.82) is 0 Å². The molecule has 1 N–H and O–H groups in total. The van der Waals surface area contributed by atoms with Crippen LogP contribution in [0, 0.1) is 6.92 Å². The summed E-state index contributed by atoms with van der Waals surface area (Å²) in [6.45, 7) is 3.05. The van der Waals surface area contributed by atoms with Crippen LogP contribution in [-0.4, -0.2) is 37.0 Å². The first kappa shape index (κ1) is 12.2. The number of hydrogen-bond donors (Lipinski definition) is 1. The summed E-state index contributed by atoms with van der Waals surface area (Å²) in [5.41, 5.74) is 1.01. The van der Waals surface area contributed by atoms with Gasteiger partial charge in [0, 0.05) is 25.5 Å². The average molecular weight is 231 g/mol. The maximum absolute atomic E-state index is 11.1. The lowest BCUT2D eigenvalue weighted by atomic mass is 10.4. The number of aryl methyl sites for hydroxylation is 1. The molecule has 0 aromatic carbocycles. The van der Waals surface area contributed by atoms with Crippen LogP contribution in [0.1, 0.15) is 11.5 Å². The third-order valence-electron chi connectivity index (χ3n) is 2.18. The minimum atomic E-state index is -2.92. The van der Waals surface area contributed by atoms with Crippen molar-refractivity contribution in [3.8, 4) is 0 Å². The predicted molar refractivity (Wildman–Crippen MR) is 59.4 cm³/mol. The van der Waals surface area contributed by atoms with Gasteiger partial charge in [0.1, 0.15) is 15.7 Å². The van der Waals surface area contributed by atoms with Gasteiger partial charge in [-0.25, -0.2) is 13.4 Å². The van der Waals surface area contributed by atoms with Crippen LogP contribution in [-0.2, 0) is 22.9 Å². The van der Waals surface area contributed by atoms with Crippen molar-refractivity contribution in [2.45, 2.75) is 20.0 Å². The fourth-order valence-electron chi connectivity index (χ4n) is 1.40. The minimum Gasteiger partial charge on any atom is -0.330 e. The van der Waals surface area contributed by atoms with Gasteiger partial charge in [0.25, 0.3) is 0 Å². The average Bonchev–Trinajstić information content (AvgIpc) is 2.44. The van der Waals surface area contributed by atoms with Crippen LogP contribution in [0.25, 0.3) is 0 Å². The van der Waals surface area contributed by atoms with Crippen LogP contribution in [0.5, 0.6) is 0 Å². The molecular weight excluding hydrogens is 214 g/mol. The highest BCUT2D eigenvalue weighted by Gasteiger charge is 2.08. The molecule has 0 amide bonds. The van der Waals surface area contributed by atoms with Crippen molar-refractivity contribution in [2.24, 2.45) is 0 Å². The quantitative estimate of drug-likeness (QED) is 0.772. The minimum absolute atomic E-state index is 0.154. The molecule has 15 heavy (non-hydrogen) atoms. The lowest BCUT2D eigenvalue weighted by molar-refractivity contribution is 0.588. The molecule has 1 aromatic rings. The van der Waals surface area contributed by atoms with Crippen LogP contribution < -0.4 is 5.32 Å². The largest absolute Gasteiger partial charge is 0.330 e. The van der Waals surface area contributed by atoms with Gasteiger partial charge in [0.2, 0.25) is 0 Å². The van der Waals surface area contributed by atoms with E-state index in [4.69, 9.17) is 0 Å². The Morgan fingerprint density at radius 2 is 2.20 bits per heavy atom. The number of sulfone groups is 1. The summed E-state index contributed by atoms with van der Waals surface area (Å²) in [6.07, 6.45) is 3.02. The molecular formula is C9H17N3O2S. The van der Waals surface area contributed by atoms with Crippen LogP contribution in [0.3, 0.4) is 0 Å². The Labute approximate surface area is 90.4 Å². The summed E-state index contributed by atoms with van der Waals surface area (Å²) in [6, 6.07) is 0. The molecule has 5 nitrogen and oxygen atoms in total. The van der Waals surface area contributed by atoms with Crippen molar-refractivity contribution in [3.05, 3.63) is 17.7 Å². The van der Waals surface area contributed by atoms with Gasteiger partial charge in [-0.2, -0.15) is 0 Å². The van der Waals surface area contributed by atoms with Crippen molar-refractivity contribution in [3.63, 3.8) is 0 Å². The first-order chi connectivity index (χ1) is 6.94. The van der Waals surface area contributed by atoms with Gasteiger partial charge in [0.15, 0.2) is 0 Å². The van der Waals surface area contributed by atoms with E-state index in [0.717, 1.165) is 11.5 Å². The highest BCUT2D eigenvalue weighted by molar-refractivity contribution is 7.90. The van der Waals surface area contributed by atoms with E-state index in [9.17, 15) is 8.42 Å². The number of rotatable bonds is 5. The summed E-state index contributed by atoms with van der Waals surface area (Å²) in [5, 5.41) is 3.02. The summed E-state index contributed by atoms with van der Waals surface area (Å²) >= 11 is 0. The molecule has 0 radical (unpaired) electrons.